The van der Waals surface area contributed by atoms with E-state index in [1.807, 2.05) is 12.1 Å². The van der Waals surface area contributed by atoms with E-state index in [9.17, 15) is 9.59 Å². The van der Waals surface area contributed by atoms with Crippen molar-refractivity contribution < 1.29 is 19.1 Å². The number of ether oxygens (including phenoxy) is 2. The van der Waals surface area contributed by atoms with Gasteiger partial charge < -0.3 is 20.1 Å². The van der Waals surface area contributed by atoms with Gasteiger partial charge in [0, 0.05) is 31.1 Å². The molecule has 0 aliphatic heterocycles. The average Bonchev–Trinajstić information content (AvgIpc) is 2.71. The van der Waals surface area contributed by atoms with E-state index < -0.39 is 0 Å². The van der Waals surface area contributed by atoms with Crippen LogP contribution in [0.1, 0.15) is 22.3 Å². The molecule has 2 aromatic carbocycles. The molecule has 2 amide bonds. The van der Waals surface area contributed by atoms with Crippen molar-refractivity contribution in [2.45, 2.75) is 12.8 Å². The van der Waals surface area contributed by atoms with Gasteiger partial charge in [0.05, 0.1) is 24.3 Å². The van der Waals surface area contributed by atoms with Gasteiger partial charge in [-0.1, -0.05) is 23.2 Å². The van der Waals surface area contributed by atoms with Crippen LogP contribution in [-0.2, 0) is 11.2 Å². The number of aryl methyl sites for hydroxylation is 1. The smallest absolute Gasteiger partial charge is 0.251 e. The molecule has 0 aromatic heterocycles. The van der Waals surface area contributed by atoms with Crippen LogP contribution in [0.15, 0.2) is 36.4 Å². The summed E-state index contributed by atoms with van der Waals surface area (Å²) in [6.45, 7) is 0.630. The van der Waals surface area contributed by atoms with Gasteiger partial charge in [-0.3, -0.25) is 9.59 Å². The minimum absolute atomic E-state index is 0.106. The predicted molar refractivity (Wildman–Crippen MR) is 110 cm³/mol. The zero-order valence-electron chi connectivity index (χ0n) is 15.7. The Bertz CT molecular complexity index is 821. The molecule has 0 bridgehead atoms. The summed E-state index contributed by atoms with van der Waals surface area (Å²) in [5, 5.41) is 6.20. The maximum atomic E-state index is 12.0. The van der Waals surface area contributed by atoms with Crippen LogP contribution in [-0.4, -0.2) is 39.1 Å². The molecule has 0 atom stereocenters. The van der Waals surface area contributed by atoms with E-state index in [0.717, 1.165) is 5.56 Å². The number of carbonyl (C=O) groups is 2. The number of benzene rings is 2. The quantitative estimate of drug-likeness (QED) is 0.604. The summed E-state index contributed by atoms with van der Waals surface area (Å²) in [6, 6.07) is 10.2. The third-order valence-electron chi connectivity index (χ3n) is 3.97. The lowest BCUT2D eigenvalue weighted by molar-refractivity contribution is -0.121. The van der Waals surface area contributed by atoms with Gasteiger partial charge in [0.2, 0.25) is 5.91 Å². The summed E-state index contributed by atoms with van der Waals surface area (Å²) in [4.78, 5) is 24.0. The predicted octanol–water partition coefficient (Wildman–Crippen LogP) is 3.49. The minimum Gasteiger partial charge on any atom is -0.497 e. The van der Waals surface area contributed by atoms with Gasteiger partial charge in [0.15, 0.2) is 0 Å². The first-order valence-corrected chi connectivity index (χ1v) is 9.40. The molecule has 0 aliphatic carbocycles. The van der Waals surface area contributed by atoms with Gasteiger partial charge in [0.1, 0.15) is 11.5 Å². The normalized spacial score (nSPS) is 10.3. The Balaban J connectivity index is 1.73. The lowest BCUT2D eigenvalue weighted by atomic mass is 10.1. The van der Waals surface area contributed by atoms with Crippen LogP contribution in [0.2, 0.25) is 10.0 Å². The molecular weight excluding hydrogens is 403 g/mol. The van der Waals surface area contributed by atoms with Crippen LogP contribution in [0, 0.1) is 0 Å². The van der Waals surface area contributed by atoms with Crippen LogP contribution in [0.25, 0.3) is 0 Å². The number of carbonyl (C=O) groups excluding carboxylic acids is 2. The van der Waals surface area contributed by atoms with E-state index in [4.69, 9.17) is 32.7 Å². The maximum Gasteiger partial charge on any atom is 0.251 e. The zero-order valence-corrected chi connectivity index (χ0v) is 17.2. The van der Waals surface area contributed by atoms with E-state index in [1.165, 1.54) is 6.07 Å². The Morgan fingerprint density at radius 2 is 1.54 bits per heavy atom. The number of rotatable bonds is 9. The van der Waals surface area contributed by atoms with E-state index in [0.29, 0.717) is 53.0 Å². The summed E-state index contributed by atoms with van der Waals surface area (Å²) >= 11 is 11.7. The number of halogens is 2. The van der Waals surface area contributed by atoms with Crippen molar-refractivity contribution in [3.63, 3.8) is 0 Å². The van der Waals surface area contributed by atoms with E-state index >= 15 is 0 Å². The highest BCUT2D eigenvalue weighted by molar-refractivity contribution is 6.42. The van der Waals surface area contributed by atoms with Crippen molar-refractivity contribution in [3.05, 3.63) is 57.6 Å². The Hall–Kier alpha value is -2.44. The lowest BCUT2D eigenvalue weighted by Crippen LogP contribution is -2.34. The fraction of sp³-hybridized carbons (Fsp3) is 0.300. The molecule has 0 heterocycles. The number of hydrogen-bond acceptors (Lipinski definition) is 4. The molecule has 0 saturated heterocycles. The van der Waals surface area contributed by atoms with E-state index in [2.05, 4.69) is 10.6 Å². The first-order valence-electron chi connectivity index (χ1n) is 8.65. The summed E-state index contributed by atoms with van der Waals surface area (Å²) in [7, 11) is 3.16. The van der Waals surface area contributed by atoms with Gasteiger partial charge in [0.25, 0.3) is 5.91 Å². The fourth-order valence-corrected chi connectivity index (χ4v) is 2.77. The molecule has 2 N–H and O–H groups in total. The van der Waals surface area contributed by atoms with E-state index in [1.54, 1.807) is 32.4 Å². The topological polar surface area (TPSA) is 76.7 Å². The van der Waals surface area contributed by atoms with Crippen LogP contribution in [0.3, 0.4) is 0 Å². The van der Waals surface area contributed by atoms with Gasteiger partial charge in [-0.05, 0) is 42.3 Å². The monoisotopic (exact) mass is 424 g/mol. The molecule has 2 rings (SSSR count). The van der Waals surface area contributed by atoms with Crippen molar-refractivity contribution in [1.29, 1.82) is 0 Å². The first kappa shape index (κ1) is 21.9. The molecule has 0 unspecified atom stereocenters. The van der Waals surface area contributed by atoms with Crippen molar-refractivity contribution in [1.82, 2.24) is 10.6 Å². The number of nitrogens with one attached hydrogen (secondary N) is 2. The van der Waals surface area contributed by atoms with Crippen LogP contribution < -0.4 is 20.1 Å². The highest BCUT2D eigenvalue weighted by Crippen LogP contribution is 2.23. The van der Waals surface area contributed by atoms with Gasteiger partial charge in [-0.2, -0.15) is 0 Å². The second kappa shape index (κ2) is 10.8. The summed E-state index contributed by atoms with van der Waals surface area (Å²) < 4.78 is 10.4. The summed E-state index contributed by atoms with van der Waals surface area (Å²) in [5.41, 5.74) is 1.35. The first-order chi connectivity index (χ1) is 13.4. The van der Waals surface area contributed by atoms with Crippen LogP contribution in [0.4, 0.5) is 0 Å². The third-order valence-corrected chi connectivity index (χ3v) is 4.71. The molecule has 8 heteroatoms. The van der Waals surface area contributed by atoms with Crippen molar-refractivity contribution in [2.75, 3.05) is 27.3 Å². The van der Waals surface area contributed by atoms with Crippen LogP contribution in [0.5, 0.6) is 11.5 Å². The minimum atomic E-state index is -0.281. The van der Waals surface area contributed by atoms with Crippen molar-refractivity contribution in [2.24, 2.45) is 0 Å². The summed E-state index contributed by atoms with van der Waals surface area (Å²) in [6.07, 6.45) is 0.867. The van der Waals surface area contributed by atoms with Crippen LogP contribution >= 0.6 is 23.2 Å². The average molecular weight is 425 g/mol. The van der Waals surface area contributed by atoms with Crippen molar-refractivity contribution in [3.8, 4) is 11.5 Å². The fourth-order valence-electron chi connectivity index (χ4n) is 2.47. The van der Waals surface area contributed by atoms with Crippen molar-refractivity contribution >= 4 is 35.0 Å². The number of amides is 2. The molecule has 2 aromatic rings. The molecule has 0 fully saturated rings. The van der Waals surface area contributed by atoms with Gasteiger partial charge >= 0.3 is 0 Å². The third kappa shape index (κ3) is 6.62. The second-order valence-corrected chi connectivity index (χ2v) is 6.77. The molecule has 0 radical (unpaired) electrons. The standard InChI is InChI=1S/C20H22Cl2N2O4/c1-27-15-9-13(10-16(12-15)28-2)3-6-19(25)23-7-8-24-20(26)14-4-5-17(21)18(22)11-14/h4-5,9-12H,3,6-8H2,1-2H3,(H,23,25)(H,24,26). The molecule has 6 nitrogen and oxygen atoms in total. The van der Waals surface area contributed by atoms with E-state index in [-0.39, 0.29) is 11.8 Å². The Morgan fingerprint density at radius 3 is 2.14 bits per heavy atom. The Labute approximate surface area is 174 Å². The Kier molecular flexibility index (Phi) is 8.42. The highest BCUT2D eigenvalue weighted by atomic mass is 35.5. The zero-order chi connectivity index (χ0) is 20.5. The number of hydrogen-bond donors (Lipinski definition) is 2. The van der Waals surface area contributed by atoms with Gasteiger partial charge in [-0.25, -0.2) is 0 Å². The van der Waals surface area contributed by atoms with Gasteiger partial charge in [-0.15, -0.1) is 0 Å². The molecule has 0 spiro atoms. The second-order valence-electron chi connectivity index (χ2n) is 5.96. The molecule has 0 saturated carbocycles. The molecule has 150 valence electrons. The molecular formula is C20H22Cl2N2O4. The Morgan fingerprint density at radius 1 is 0.893 bits per heavy atom. The molecule has 0 aliphatic rings. The largest absolute Gasteiger partial charge is 0.497 e. The lowest BCUT2D eigenvalue weighted by Gasteiger charge is -2.09. The SMILES string of the molecule is COc1cc(CCC(=O)NCCNC(=O)c2ccc(Cl)c(Cl)c2)cc(OC)c1. The number of methoxy groups -OCH3 is 2. The molecule has 28 heavy (non-hydrogen) atoms. The highest BCUT2D eigenvalue weighted by Gasteiger charge is 2.09. The summed E-state index contributed by atoms with van der Waals surface area (Å²) in [5.74, 6) is 0.974. The maximum absolute atomic E-state index is 12.0.